The van der Waals surface area contributed by atoms with Gasteiger partial charge in [-0.05, 0) is 172 Å². The van der Waals surface area contributed by atoms with E-state index in [0.29, 0.717) is 75.3 Å². The number of ether oxygens (including phenoxy) is 1. The van der Waals surface area contributed by atoms with E-state index in [1.807, 2.05) is 30.3 Å². The van der Waals surface area contributed by atoms with Crippen molar-refractivity contribution in [1.82, 2.24) is 9.62 Å². The molecule has 0 spiro atoms. The summed E-state index contributed by atoms with van der Waals surface area (Å²) in [6.45, 7) is 22.7. The van der Waals surface area contributed by atoms with Gasteiger partial charge in [-0.3, -0.25) is 4.79 Å². The number of aliphatic hydroxyl groups is 1. The zero-order valence-electron chi connectivity index (χ0n) is 39.7. The lowest BCUT2D eigenvalue weighted by Crippen LogP contribution is -2.66. The number of carbonyl (C=O) groups is 1. The van der Waals surface area contributed by atoms with Gasteiger partial charge in [0.25, 0.3) is 0 Å². The minimum atomic E-state index is -3.24. The lowest BCUT2D eigenvalue weighted by Gasteiger charge is -2.70. The molecule has 1 aromatic rings. The van der Waals surface area contributed by atoms with Crippen molar-refractivity contribution in [3.8, 4) is 0 Å². The predicted octanol–water partition coefficient (Wildman–Crippen LogP) is 11.3. The van der Waals surface area contributed by atoms with Gasteiger partial charge in [-0.2, -0.15) is 0 Å². The van der Waals surface area contributed by atoms with Gasteiger partial charge in [-0.1, -0.05) is 103 Å². The Hall–Kier alpha value is -2.33. The van der Waals surface area contributed by atoms with Crippen molar-refractivity contribution in [2.75, 3.05) is 32.6 Å². The molecule has 7 nitrogen and oxygen atoms in total. The van der Waals surface area contributed by atoms with Gasteiger partial charge < -0.3 is 15.2 Å². The Morgan fingerprint density at radius 3 is 2.31 bits per heavy atom. The molecule has 0 radical (unpaired) electrons. The summed E-state index contributed by atoms with van der Waals surface area (Å²) >= 11 is 0. The number of carbonyl (C=O) groups excluding carboxylic acids is 1. The molecule has 9 heteroatoms. The minimum absolute atomic E-state index is 0.0369. The number of alkyl halides is 1. The fourth-order valence-electron chi connectivity index (χ4n) is 14.8. The number of halogens is 1. The molecule has 1 aliphatic heterocycles. The summed E-state index contributed by atoms with van der Waals surface area (Å²) in [5.74, 6) is 1.79. The second-order valence-electron chi connectivity index (χ2n) is 23.3. The number of piperidine rings is 1. The maximum absolute atomic E-state index is 14.8. The summed E-state index contributed by atoms with van der Waals surface area (Å²) in [6, 6.07) is 9.63. The molecular formula is C53H81FN2O5S. The summed E-state index contributed by atoms with van der Waals surface area (Å²) in [6.07, 6.45) is 21.0. The average Bonchev–Trinajstić information content (AvgIpc) is 3.60. The lowest BCUT2D eigenvalue weighted by molar-refractivity contribution is -0.197. The molecule has 346 valence electrons. The standard InChI is InChI=1S/C53H81FN2O5S/c1-38(2)41-20-27-53(55-33-30-52(58)31-34-56(35-32-52)62(9,59)60)29-28-49(7)43(45(41)53)16-17-44-48(6,22-13-23-50(44,49)8)24-21-42(47(3,4)5)40-18-25-51(37-54,26-19-40)46(57)61-36-39-14-11-10-12-15-39/h10-12,14-15,18,21,41,43-45,55,58H,1,13,16-17,19-20,22-37H2,2-9H3/b42-21-/t41-,43+,44+,45+,48+,49+,50+,51-,53-/m0/s1. The molecule has 0 amide bonds. The van der Waals surface area contributed by atoms with Crippen LogP contribution in [0.2, 0.25) is 0 Å². The number of fused-ring (bicyclic) bond motifs is 5. The first-order valence-corrected chi connectivity index (χ1v) is 26.1. The number of hydrogen-bond donors (Lipinski definition) is 2. The SMILES string of the molecule is C=C(C)[C@@H]1CC[C@]2(NCCC3(O)CCN(S(C)(=O)=O)CC3)CC[C@]3(C)[C@H](CC[C@@H]4[C@@](C)(C/C=C(/C5=CC[C@](CF)(C(=O)OCc6ccccc6)CC5)C(C)(C)C)CCC[C@]43C)[C@@H]12. The highest BCUT2D eigenvalue weighted by Gasteiger charge is 2.68. The molecule has 9 atom stereocenters. The predicted molar refractivity (Wildman–Crippen MR) is 249 cm³/mol. The average molecular weight is 877 g/mol. The Bertz CT molecular complexity index is 1980. The molecule has 62 heavy (non-hydrogen) atoms. The van der Waals surface area contributed by atoms with Gasteiger partial charge in [-0.15, -0.1) is 0 Å². The van der Waals surface area contributed by atoms with Crippen molar-refractivity contribution in [1.29, 1.82) is 0 Å². The summed E-state index contributed by atoms with van der Waals surface area (Å²) in [7, 11) is -3.24. The van der Waals surface area contributed by atoms with Crippen LogP contribution in [0.1, 0.15) is 157 Å². The lowest BCUT2D eigenvalue weighted by atomic mass is 9.36. The largest absolute Gasteiger partial charge is 0.460 e. The van der Waals surface area contributed by atoms with E-state index in [-0.39, 0.29) is 33.8 Å². The third-order valence-corrected chi connectivity index (χ3v) is 20.0. The van der Waals surface area contributed by atoms with Crippen LogP contribution in [-0.4, -0.2) is 67.5 Å². The quantitative estimate of drug-likeness (QED) is 0.151. The van der Waals surface area contributed by atoms with Crippen molar-refractivity contribution in [3.05, 3.63) is 71.3 Å². The monoisotopic (exact) mass is 877 g/mol. The van der Waals surface area contributed by atoms with Gasteiger partial charge in [0.15, 0.2) is 0 Å². The second kappa shape index (κ2) is 17.5. The van der Waals surface area contributed by atoms with Gasteiger partial charge >= 0.3 is 5.97 Å². The Morgan fingerprint density at radius 1 is 0.984 bits per heavy atom. The number of benzene rings is 1. The molecule has 1 aromatic carbocycles. The van der Waals surface area contributed by atoms with E-state index in [4.69, 9.17) is 4.74 Å². The van der Waals surface area contributed by atoms with Crippen molar-refractivity contribution in [3.63, 3.8) is 0 Å². The molecular weight excluding hydrogens is 796 g/mol. The summed E-state index contributed by atoms with van der Waals surface area (Å²) in [5.41, 5.74) is 3.42. The van der Waals surface area contributed by atoms with Crippen LogP contribution in [0.3, 0.4) is 0 Å². The Labute approximate surface area is 375 Å². The summed E-state index contributed by atoms with van der Waals surface area (Å²) < 4.78 is 46.4. The van der Waals surface area contributed by atoms with Crippen LogP contribution in [0, 0.1) is 50.7 Å². The molecule has 2 N–H and O–H groups in total. The molecule has 5 fully saturated rings. The molecule has 4 saturated carbocycles. The highest BCUT2D eigenvalue weighted by Crippen LogP contribution is 2.74. The van der Waals surface area contributed by atoms with Crippen LogP contribution in [0.4, 0.5) is 4.39 Å². The Balaban J connectivity index is 1.07. The third kappa shape index (κ3) is 8.85. The van der Waals surface area contributed by atoms with Crippen LogP contribution in [0.15, 0.2) is 65.8 Å². The van der Waals surface area contributed by atoms with E-state index >= 15 is 0 Å². The fourth-order valence-corrected chi connectivity index (χ4v) is 15.6. The molecule has 1 heterocycles. The minimum Gasteiger partial charge on any atom is -0.460 e. The van der Waals surface area contributed by atoms with Crippen LogP contribution >= 0.6 is 0 Å². The van der Waals surface area contributed by atoms with E-state index in [1.165, 1.54) is 72.2 Å². The number of nitrogens with one attached hydrogen (secondary N) is 1. The number of hydrogen-bond acceptors (Lipinski definition) is 6. The number of esters is 1. The molecule has 6 aliphatic rings. The molecule has 7 rings (SSSR count). The summed E-state index contributed by atoms with van der Waals surface area (Å²) in [4.78, 5) is 13.4. The van der Waals surface area contributed by atoms with Gasteiger partial charge in [0.2, 0.25) is 10.0 Å². The van der Waals surface area contributed by atoms with Crippen molar-refractivity contribution in [2.45, 2.75) is 169 Å². The maximum atomic E-state index is 14.8. The first-order valence-electron chi connectivity index (χ1n) is 24.3. The number of rotatable bonds is 13. The fraction of sp³-hybridized carbons (Fsp3) is 0.755. The van der Waals surface area contributed by atoms with Crippen molar-refractivity contribution in [2.24, 2.45) is 50.7 Å². The molecule has 0 aromatic heterocycles. The smallest absolute Gasteiger partial charge is 0.315 e. The number of allylic oxidation sites excluding steroid dienone is 5. The van der Waals surface area contributed by atoms with E-state index in [2.05, 4.69) is 72.5 Å². The highest BCUT2D eigenvalue weighted by molar-refractivity contribution is 7.88. The Morgan fingerprint density at radius 2 is 1.69 bits per heavy atom. The van der Waals surface area contributed by atoms with Crippen molar-refractivity contribution < 1.29 is 27.4 Å². The van der Waals surface area contributed by atoms with Gasteiger partial charge in [0, 0.05) is 18.6 Å². The zero-order valence-corrected chi connectivity index (χ0v) is 40.5. The maximum Gasteiger partial charge on any atom is 0.315 e. The van der Waals surface area contributed by atoms with E-state index < -0.39 is 33.7 Å². The summed E-state index contributed by atoms with van der Waals surface area (Å²) in [5, 5.41) is 15.7. The first-order chi connectivity index (χ1) is 29.0. The molecule has 5 aliphatic carbocycles. The molecule has 1 saturated heterocycles. The first kappa shape index (κ1) is 47.6. The van der Waals surface area contributed by atoms with E-state index in [1.54, 1.807) is 0 Å². The topological polar surface area (TPSA) is 95.9 Å². The van der Waals surface area contributed by atoms with E-state index in [0.717, 1.165) is 31.4 Å². The third-order valence-electron chi connectivity index (χ3n) is 18.7. The van der Waals surface area contributed by atoms with Gasteiger partial charge in [-0.25, -0.2) is 17.1 Å². The van der Waals surface area contributed by atoms with Crippen LogP contribution < -0.4 is 5.32 Å². The molecule has 0 unspecified atom stereocenters. The second-order valence-corrected chi connectivity index (χ2v) is 25.3. The van der Waals surface area contributed by atoms with Crippen molar-refractivity contribution >= 4 is 16.0 Å². The van der Waals surface area contributed by atoms with Crippen LogP contribution in [0.5, 0.6) is 0 Å². The van der Waals surface area contributed by atoms with Gasteiger partial charge in [0.05, 0.1) is 17.3 Å². The highest BCUT2D eigenvalue weighted by atomic mass is 32.2. The van der Waals surface area contributed by atoms with Crippen LogP contribution in [-0.2, 0) is 26.2 Å². The Kier molecular flexibility index (Phi) is 13.4. The number of nitrogens with zero attached hydrogens (tertiary/aromatic N) is 1. The normalized spacial score (nSPS) is 37.7. The zero-order chi connectivity index (χ0) is 45.0. The van der Waals surface area contributed by atoms with E-state index in [9.17, 15) is 22.7 Å². The molecule has 0 bridgehead atoms. The van der Waals surface area contributed by atoms with Crippen LogP contribution in [0.25, 0.3) is 0 Å². The number of sulfonamides is 1. The van der Waals surface area contributed by atoms with Gasteiger partial charge in [0.1, 0.15) is 13.3 Å².